The van der Waals surface area contributed by atoms with Crippen molar-refractivity contribution in [1.82, 2.24) is 14.3 Å². The first-order chi connectivity index (χ1) is 14.3. The fourth-order valence-electron chi connectivity index (χ4n) is 3.99. The van der Waals surface area contributed by atoms with Crippen LogP contribution < -0.4 is 0 Å². The molecule has 0 unspecified atom stereocenters. The molecule has 0 amide bonds. The van der Waals surface area contributed by atoms with Crippen LogP contribution in [-0.4, -0.2) is 45.6 Å². The number of carbonyl (C=O) groups excluding carboxylic acids is 2. The summed E-state index contributed by atoms with van der Waals surface area (Å²) in [5.41, 5.74) is 2.97. The molecule has 160 valence electrons. The SMILES string of the molecule is COC(=O)CCc1c(C(=O)OC)n(C)c2c(-c3c(C)nn(C)c3CO)c(F)ccc12. The number of aromatic nitrogens is 3. The lowest BCUT2D eigenvalue weighted by atomic mass is 9.97. The molecular formula is C21H24FN3O5. The molecule has 2 aromatic heterocycles. The fraction of sp³-hybridized carbons (Fsp3) is 0.381. The van der Waals surface area contributed by atoms with Crippen LogP contribution in [0.5, 0.6) is 0 Å². The zero-order valence-corrected chi connectivity index (χ0v) is 17.6. The molecule has 3 aromatic rings. The minimum Gasteiger partial charge on any atom is -0.469 e. The lowest BCUT2D eigenvalue weighted by Gasteiger charge is -2.10. The number of methoxy groups -OCH3 is 2. The van der Waals surface area contributed by atoms with E-state index in [0.29, 0.717) is 33.4 Å². The van der Waals surface area contributed by atoms with Gasteiger partial charge in [-0.25, -0.2) is 9.18 Å². The van der Waals surface area contributed by atoms with Gasteiger partial charge in [-0.1, -0.05) is 0 Å². The number of esters is 2. The predicted octanol–water partition coefficient (Wildman–Crippen LogP) is 2.41. The van der Waals surface area contributed by atoms with Gasteiger partial charge < -0.3 is 19.1 Å². The Bertz CT molecular complexity index is 1150. The highest BCUT2D eigenvalue weighted by Crippen LogP contribution is 2.39. The number of hydrogen-bond donors (Lipinski definition) is 1. The molecular weight excluding hydrogens is 393 g/mol. The molecule has 0 saturated carbocycles. The van der Waals surface area contributed by atoms with E-state index in [-0.39, 0.29) is 30.7 Å². The summed E-state index contributed by atoms with van der Waals surface area (Å²) in [7, 11) is 5.87. The molecule has 1 N–H and O–H groups in total. The topological polar surface area (TPSA) is 95.6 Å². The average molecular weight is 417 g/mol. The molecule has 1 aromatic carbocycles. The Morgan fingerprint density at radius 3 is 2.47 bits per heavy atom. The normalized spacial score (nSPS) is 11.2. The van der Waals surface area contributed by atoms with Gasteiger partial charge in [-0.2, -0.15) is 5.10 Å². The third kappa shape index (κ3) is 3.35. The van der Waals surface area contributed by atoms with Gasteiger partial charge in [0.1, 0.15) is 11.5 Å². The van der Waals surface area contributed by atoms with E-state index in [2.05, 4.69) is 5.10 Å². The first kappa shape index (κ1) is 21.5. The summed E-state index contributed by atoms with van der Waals surface area (Å²) in [5.74, 6) is -1.52. The molecule has 0 aliphatic carbocycles. The van der Waals surface area contributed by atoms with Gasteiger partial charge in [0.2, 0.25) is 0 Å². The second kappa shape index (κ2) is 8.27. The summed E-state index contributed by atoms with van der Waals surface area (Å²) in [4.78, 5) is 24.3. The highest BCUT2D eigenvalue weighted by molar-refractivity contribution is 6.05. The number of nitrogens with zero attached hydrogens (tertiary/aromatic N) is 3. The highest BCUT2D eigenvalue weighted by atomic mass is 19.1. The van der Waals surface area contributed by atoms with Crippen molar-refractivity contribution in [2.75, 3.05) is 14.2 Å². The molecule has 0 aliphatic rings. The molecule has 0 aliphatic heterocycles. The second-order valence-electron chi connectivity index (χ2n) is 6.96. The van der Waals surface area contributed by atoms with E-state index in [1.165, 1.54) is 25.0 Å². The van der Waals surface area contributed by atoms with Crippen molar-refractivity contribution < 1.29 is 28.6 Å². The molecule has 9 heteroatoms. The number of aliphatic hydroxyl groups is 1. The number of rotatable bonds is 6. The minimum absolute atomic E-state index is 0.0557. The predicted molar refractivity (Wildman–Crippen MR) is 107 cm³/mol. The van der Waals surface area contributed by atoms with E-state index in [1.807, 2.05) is 0 Å². The molecule has 0 bridgehead atoms. The van der Waals surface area contributed by atoms with Gasteiger partial charge in [-0.15, -0.1) is 0 Å². The van der Waals surface area contributed by atoms with Crippen LogP contribution in [0.2, 0.25) is 0 Å². The van der Waals surface area contributed by atoms with E-state index in [9.17, 15) is 14.7 Å². The van der Waals surface area contributed by atoms with Gasteiger partial charge in [0.15, 0.2) is 0 Å². The number of ether oxygens (including phenoxy) is 2. The van der Waals surface area contributed by atoms with Crippen LogP contribution in [0, 0.1) is 12.7 Å². The summed E-state index contributed by atoms with van der Waals surface area (Å²) in [6.45, 7) is 1.40. The number of benzene rings is 1. The number of aryl methyl sites for hydroxylation is 4. The molecule has 0 saturated heterocycles. The number of halogens is 1. The van der Waals surface area contributed by atoms with Crippen molar-refractivity contribution in [1.29, 1.82) is 0 Å². The maximum Gasteiger partial charge on any atom is 0.354 e. The smallest absolute Gasteiger partial charge is 0.354 e. The summed E-state index contributed by atoms with van der Waals surface area (Å²) in [6.07, 6.45) is 0.276. The average Bonchev–Trinajstić information content (AvgIpc) is 3.17. The van der Waals surface area contributed by atoms with Crippen LogP contribution in [0.25, 0.3) is 22.0 Å². The Labute approximate surface area is 172 Å². The van der Waals surface area contributed by atoms with Crippen molar-refractivity contribution in [2.45, 2.75) is 26.4 Å². The summed E-state index contributed by atoms with van der Waals surface area (Å²) in [6, 6.07) is 2.89. The van der Waals surface area contributed by atoms with Gasteiger partial charge in [-0.3, -0.25) is 9.48 Å². The van der Waals surface area contributed by atoms with E-state index < -0.39 is 17.8 Å². The zero-order chi connectivity index (χ0) is 22.2. The van der Waals surface area contributed by atoms with Crippen LogP contribution in [0.3, 0.4) is 0 Å². The monoisotopic (exact) mass is 417 g/mol. The van der Waals surface area contributed by atoms with E-state index in [4.69, 9.17) is 9.47 Å². The Hall–Kier alpha value is -3.20. The quantitative estimate of drug-likeness (QED) is 0.619. The number of hydrogen-bond acceptors (Lipinski definition) is 6. The lowest BCUT2D eigenvalue weighted by molar-refractivity contribution is -0.140. The number of fused-ring (bicyclic) bond motifs is 1. The fourth-order valence-corrected chi connectivity index (χ4v) is 3.99. The second-order valence-corrected chi connectivity index (χ2v) is 6.96. The lowest BCUT2D eigenvalue weighted by Crippen LogP contribution is -2.11. The molecule has 8 nitrogen and oxygen atoms in total. The highest BCUT2D eigenvalue weighted by Gasteiger charge is 2.28. The van der Waals surface area contributed by atoms with Crippen molar-refractivity contribution in [3.8, 4) is 11.1 Å². The molecule has 2 heterocycles. The third-order valence-electron chi connectivity index (χ3n) is 5.34. The Morgan fingerprint density at radius 1 is 1.17 bits per heavy atom. The maximum absolute atomic E-state index is 15.2. The molecule has 0 spiro atoms. The summed E-state index contributed by atoms with van der Waals surface area (Å²) >= 11 is 0. The Morgan fingerprint density at radius 2 is 1.87 bits per heavy atom. The Balaban J connectivity index is 2.39. The zero-order valence-electron chi connectivity index (χ0n) is 17.6. The van der Waals surface area contributed by atoms with Crippen LogP contribution >= 0.6 is 0 Å². The van der Waals surface area contributed by atoms with Crippen LogP contribution in [0.15, 0.2) is 12.1 Å². The minimum atomic E-state index is -0.592. The maximum atomic E-state index is 15.2. The summed E-state index contributed by atoms with van der Waals surface area (Å²) < 4.78 is 27.9. The standard InChI is InChI=1S/C21H24FN3O5/c1-11-17(15(10-26)25(3)23-11)18-14(22)8-6-12-13(7-9-16(27)29-4)20(21(28)30-5)24(2)19(12)18/h6,8,26H,7,9-10H2,1-5H3. The van der Waals surface area contributed by atoms with Crippen molar-refractivity contribution in [3.05, 3.63) is 40.6 Å². The Kier molecular flexibility index (Phi) is 5.93. The van der Waals surface area contributed by atoms with Crippen molar-refractivity contribution in [3.63, 3.8) is 0 Å². The van der Waals surface area contributed by atoms with E-state index in [0.717, 1.165) is 0 Å². The van der Waals surface area contributed by atoms with Crippen molar-refractivity contribution in [2.24, 2.45) is 14.1 Å². The molecule has 30 heavy (non-hydrogen) atoms. The molecule has 3 rings (SSSR count). The first-order valence-corrected chi connectivity index (χ1v) is 9.35. The van der Waals surface area contributed by atoms with Gasteiger partial charge in [0.25, 0.3) is 0 Å². The van der Waals surface area contributed by atoms with Crippen LogP contribution in [-0.2, 0) is 41.4 Å². The first-order valence-electron chi connectivity index (χ1n) is 9.35. The molecule has 0 radical (unpaired) electrons. The molecule has 0 fully saturated rings. The number of carbonyl (C=O) groups is 2. The largest absolute Gasteiger partial charge is 0.469 e. The van der Waals surface area contributed by atoms with Crippen molar-refractivity contribution >= 4 is 22.8 Å². The number of aliphatic hydroxyl groups excluding tert-OH is 1. The van der Waals surface area contributed by atoms with Crippen LogP contribution in [0.4, 0.5) is 4.39 Å². The van der Waals surface area contributed by atoms with Crippen LogP contribution in [0.1, 0.15) is 33.9 Å². The van der Waals surface area contributed by atoms with Gasteiger partial charge >= 0.3 is 11.9 Å². The summed E-state index contributed by atoms with van der Waals surface area (Å²) in [5, 5.41) is 14.8. The van der Waals surface area contributed by atoms with E-state index in [1.54, 1.807) is 31.7 Å². The van der Waals surface area contributed by atoms with Gasteiger partial charge in [0.05, 0.1) is 37.7 Å². The van der Waals surface area contributed by atoms with Gasteiger partial charge in [-0.05, 0) is 31.0 Å². The van der Waals surface area contributed by atoms with Gasteiger partial charge in [0, 0.05) is 37.0 Å². The molecule has 0 atom stereocenters. The third-order valence-corrected chi connectivity index (χ3v) is 5.34. The van der Waals surface area contributed by atoms with E-state index >= 15 is 4.39 Å².